The minimum atomic E-state index is -0.143. The number of benzene rings is 2. The summed E-state index contributed by atoms with van der Waals surface area (Å²) >= 11 is 0. The van der Waals surface area contributed by atoms with Crippen LogP contribution in [0.2, 0.25) is 0 Å². The number of amides is 2. The fraction of sp³-hybridized carbons (Fsp3) is 0.333. The van der Waals surface area contributed by atoms with Gasteiger partial charge in [-0.25, -0.2) is 4.79 Å². The summed E-state index contributed by atoms with van der Waals surface area (Å²) in [5.74, 6) is 0.448. The molecule has 3 rings (SSSR count). The first-order valence-electron chi connectivity index (χ1n) is 8.92. The number of hydrogen-bond acceptors (Lipinski definition) is 3. The molecule has 5 nitrogen and oxygen atoms in total. The molecule has 0 saturated carbocycles. The number of hydrogen-bond donors (Lipinski definition) is 1. The molecule has 2 aromatic carbocycles. The largest absolute Gasteiger partial charge is 0.381 e. The van der Waals surface area contributed by atoms with E-state index in [-0.39, 0.29) is 6.03 Å². The number of anilines is 1. The van der Waals surface area contributed by atoms with Gasteiger partial charge in [-0.15, -0.1) is 0 Å². The zero-order valence-electron chi connectivity index (χ0n) is 14.7. The number of carbonyl (C=O) groups excluding carboxylic acids is 1. The van der Waals surface area contributed by atoms with Gasteiger partial charge in [0.05, 0.1) is 11.6 Å². The maximum atomic E-state index is 12.9. The Morgan fingerprint density at radius 3 is 2.65 bits per heavy atom. The maximum Gasteiger partial charge on any atom is 0.322 e. The van der Waals surface area contributed by atoms with Crippen molar-refractivity contribution in [1.82, 2.24) is 4.90 Å². The van der Waals surface area contributed by atoms with E-state index in [1.807, 2.05) is 35.2 Å². The highest BCUT2D eigenvalue weighted by Gasteiger charge is 2.21. The molecule has 0 aliphatic carbocycles. The minimum absolute atomic E-state index is 0.143. The van der Waals surface area contributed by atoms with Crippen molar-refractivity contribution in [3.8, 4) is 6.07 Å². The van der Waals surface area contributed by atoms with Gasteiger partial charge >= 0.3 is 6.03 Å². The lowest BCUT2D eigenvalue weighted by atomic mass is 9.99. The molecule has 0 aromatic heterocycles. The van der Waals surface area contributed by atoms with Crippen molar-refractivity contribution < 1.29 is 9.53 Å². The van der Waals surface area contributed by atoms with E-state index >= 15 is 0 Å². The quantitative estimate of drug-likeness (QED) is 0.887. The van der Waals surface area contributed by atoms with E-state index in [2.05, 4.69) is 11.4 Å². The molecule has 0 atom stereocenters. The van der Waals surface area contributed by atoms with Crippen molar-refractivity contribution >= 4 is 11.7 Å². The average Bonchev–Trinajstić information content (AvgIpc) is 2.69. The van der Waals surface area contributed by atoms with Crippen molar-refractivity contribution in [3.05, 3.63) is 65.7 Å². The molecule has 2 amide bonds. The molecule has 1 N–H and O–H groups in total. The van der Waals surface area contributed by atoms with E-state index in [0.29, 0.717) is 30.3 Å². The lowest BCUT2D eigenvalue weighted by Gasteiger charge is -2.30. The smallest absolute Gasteiger partial charge is 0.322 e. The van der Waals surface area contributed by atoms with Crippen molar-refractivity contribution in [2.45, 2.75) is 19.4 Å². The SMILES string of the molecule is N#Cc1cccc(NC(=O)N(Cc2ccccc2)CC2CCOCC2)c1. The summed E-state index contributed by atoms with van der Waals surface area (Å²) in [4.78, 5) is 14.7. The van der Waals surface area contributed by atoms with Crippen LogP contribution in [0.4, 0.5) is 10.5 Å². The van der Waals surface area contributed by atoms with Crippen LogP contribution in [-0.4, -0.2) is 30.7 Å². The van der Waals surface area contributed by atoms with E-state index in [4.69, 9.17) is 10.00 Å². The Bertz CT molecular complexity index is 764. The Morgan fingerprint density at radius 2 is 1.92 bits per heavy atom. The van der Waals surface area contributed by atoms with Gasteiger partial charge in [0.15, 0.2) is 0 Å². The fourth-order valence-electron chi connectivity index (χ4n) is 3.13. The molecule has 0 spiro atoms. The van der Waals surface area contributed by atoms with Gasteiger partial charge in [0.25, 0.3) is 0 Å². The van der Waals surface area contributed by atoms with Gasteiger partial charge in [-0.05, 0) is 42.5 Å². The zero-order valence-corrected chi connectivity index (χ0v) is 14.7. The van der Waals surface area contributed by atoms with Crippen molar-refractivity contribution in [2.24, 2.45) is 5.92 Å². The van der Waals surface area contributed by atoms with Crippen molar-refractivity contribution in [3.63, 3.8) is 0 Å². The predicted octanol–water partition coefficient (Wildman–Crippen LogP) is 4.02. The normalized spacial score (nSPS) is 14.4. The molecule has 0 bridgehead atoms. The Balaban J connectivity index is 1.72. The molecule has 1 fully saturated rings. The molecule has 134 valence electrons. The van der Waals surface area contributed by atoms with Gasteiger partial charge in [-0.2, -0.15) is 5.26 Å². The number of nitrogens with one attached hydrogen (secondary N) is 1. The summed E-state index contributed by atoms with van der Waals surface area (Å²) in [5.41, 5.74) is 2.27. The molecule has 1 saturated heterocycles. The van der Waals surface area contributed by atoms with Gasteiger partial charge < -0.3 is 15.0 Å². The molecule has 1 aliphatic heterocycles. The number of urea groups is 1. The van der Waals surface area contributed by atoms with Gasteiger partial charge in [-0.3, -0.25) is 0 Å². The summed E-state index contributed by atoms with van der Waals surface area (Å²) in [6, 6.07) is 18.9. The third kappa shape index (κ3) is 5.08. The number of nitriles is 1. The van der Waals surface area contributed by atoms with Crippen LogP contribution in [0.15, 0.2) is 54.6 Å². The topological polar surface area (TPSA) is 65.4 Å². The predicted molar refractivity (Wildman–Crippen MR) is 101 cm³/mol. The van der Waals surface area contributed by atoms with Crippen LogP contribution < -0.4 is 5.32 Å². The molecular weight excluding hydrogens is 326 g/mol. The first-order valence-corrected chi connectivity index (χ1v) is 8.92. The average molecular weight is 349 g/mol. The molecule has 2 aromatic rings. The van der Waals surface area contributed by atoms with Gasteiger partial charge in [0.2, 0.25) is 0 Å². The first-order chi connectivity index (χ1) is 12.7. The number of ether oxygens (including phenoxy) is 1. The summed E-state index contributed by atoms with van der Waals surface area (Å²) in [6.07, 6.45) is 1.95. The standard InChI is InChI=1S/C21H23N3O2/c22-14-19-7-4-8-20(13-19)23-21(25)24(15-17-5-2-1-3-6-17)16-18-9-11-26-12-10-18/h1-8,13,18H,9-12,15-16H2,(H,23,25). The van der Waals surface area contributed by atoms with E-state index < -0.39 is 0 Å². The monoisotopic (exact) mass is 349 g/mol. The minimum Gasteiger partial charge on any atom is -0.381 e. The molecule has 1 aliphatic rings. The third-order valence-electron chi connectivity index (χ3n) is 4.57. The lowest BCUT2D eigenvalue weighted by molar-refractivity contribution is 0.0564. The van der Waals surface area contributed by atoms with Gasteiger partial charge in [0, 0.05) is 32.0 Å². The van der Waals surface area contributed by atoms with Crippen LogP contribution in [0.3, 0.4) is 0 Å². The van der Waals surface area contributed by atoms with E-state index in [0.717, 1.165) is 31.6 Å². The second-order valence-electron chi connectivity index (χ2n) is 6.54. The molecular formula is C21H23N3O2. The van der Waals surface area contributed by atoms with Crippen molar-refractivity contribution in [2.75, 3.05) is 25.1 Å². The second-order valence-corrected chi connectivity index (χ2v) is 6.54. The summed E-state index contributed by atoms with van der Waals surface area (Å²) in [7, 11) is 0. The molecule has 5 heteroatoms. The van der Waals surface area contributed by atoms with Crippen LogP contribution in [0, 0.1) is 17.2 Å². The van der Waals surface area contributed by atoms with Crippen LogP contribution >= 0.6 is 0 Å². The number of carbonyl (C=O) groups is 1. The molecule has 26 heavy (non-hydrogen) atoms. The number of rotatable bonds is 5. The second kappa shape index (κ2) is 9.02. The van der Waals surface area contributed by atoms with Gasteiger partial charge in [-0.1, -0.05) is 36.4 Å². The number of nitrogens with zero attached hydrogens (tertiary/aromatic N) is 2. The fourth-order valence-corrected chi connectivity index (χ4v) is 3.13. The maximum absolute atomic E-state index is 12.9. The summed E-state index contributed by atoms with van der Waals surface area (Å²) in [6.45, 7) is 2.77. The zero-order chi connectivity index (χ0) is 18.2. The van der Waals surface area contributed by atoms with E-state index in [1.54, 1.807) is 24.3 Å². The van der Waals surface area contributed by atoms with Crippen LogP contribution in [0.5, 0.6) is 0 Å². The Hall–Kier alpha value is -2.84. The Morgan fingerprint density at radius 1 is 1.15 bits per heavy atom. The molecule has 0 unspecified atom stereocenters. The highest BCUT2D eigenvalue weighted by molar-refractivity contribution is 5.89. The van der Waals surface area contributed by atoms with Gasteiger partial charge in [0.1, 0.15) is 0 Å². The summed E-state index contributed by atoms with van der Waals surface area (Å²) < 4.78 is 5.43. The molecule has 1 heterocycles. The van der Waals surface area contributed by atoms with Crippen LogP contribution in [-0.2, 0) is 11.3 Å². The highest BCUT2D eigenvalue weighted by atomic mass is 16.5. The highest BCUT2D eigenvalue weighted by Crippen LogP contribution is 2.19. The molecule has 0 radical (unpaired) electrons. The van der Waals surface area contributed by atoms with Crippen molar-refractivity contribution in [1.29, 1.82) is 5.26 Å². The van der Waals surface area contributed by atoms with Crippen LogP contribution in [0.1, 0.15) is 24.0 Å². The third-order valence-corrected chi connectivity index (χ3v) is 4.57. The Labute approximate surface area is 154 Å². The Kier molecular flexibility index (Phi) is 6.24. The lowest BCUT2D eigenvalue weighted by Crippen LogP contribution is -2.39. The summed E-state index contributed by atoms with van der Waals surface area (Å²) in [5, 5.41) is 12.0. The first kappa shape index (κ1) is 18.0. The van der Waals surface area contributed by atoms with Crippen LogP contribution in [0.25, 0.3) is 0 Å². The van der Waals surface area contributed by atoms with E-state index in [9.17, 15) is 4.79 Å². The van der Waals surface area contributed by atoms with E-state index in [1.165, 1.54) is 0 Å².